The zero-order chi connectivity index (χ0) is 14.5. The third-order valence-corrected chi connectivity index (χ3v) is 3.32. The molecule has 1 aromatic rings. The lowest BCUT2D eigenvalue weighted by Crippen LogP contribution is -2.42. The Kier molecular flexibility index (Phi) is 5.86. The van der Waals surface area contributed by atoms with Crippen LogP contribution in [0.25, 0.3) is 0 Å². The Hall–Kier alpha value is -1.02. The molecule has 0 saturated heterocycles. The molecule has 0 heterocycles. The molecule has 1 aromatic carbocycles. The molecule has 2 heteroatoms. The van der Waals surface area contributed by atoms with Crippen LogP contribution in [-0.2, 0) is 0 Å². The summed E-state index contributed by atoms with van der Waals surface area (Å²) >= 11 is 0. The molecule has 0 aliphatic heterocycles. The quantitative estimate of drug-likeness (QED) is 0.829. The van der Waals surface area contributed by atoms with Crippen molar-refractivity contribution in [3.8, 4) is 5.75 Å². The van der Waals surface area contributed by atoms with Crippen molar-refractivity contribution < 1.29 is 4.74 Å². The second kappa shape index (κ2) is 6.95. The number of ether oxygens (including phenoxy) is 1. The van der Waals surface area contributed by atoms with Crippen LogP contribution in [0.1, 0.15) is 51.7 Å². The van der Waals surface area contributed by atoms with E-state index in [2.05, 4.69) is 65.1 Å². The maximum absolute atomic E-state index is 6.20. The summed E-state index contributed by atoms with van der Waals surface area (Å²) in [6.45, 7) is 13.9. The predicted octanol–water partition coefficient (Wildman–Crippen LogP) is 4.24. The van der Waals surface area contributed by atoms with E-state index < -0.39 is 0 Å². The lowest BCUT2D eigenvalue weighted by molar-refractivity contribution is 0.174. The number of rotatable bonds is 6. The van der Waals surface area contributed by atoms with Crippen LogP contribution in [0, 0.1) is 13.8 Å². The van der Waals surface area contributed by atoms with Crippen molar-refractivity contribution in [3.05, 3.63) is 29.3 Å². The highest BCUT2D eigenvalue weighted by molar-refractivity contribution is 5.38. The van der Waals surface area contributed by atoms with E-state index >= 15 is 0 Å². The van der Waals surface area contributed by atoms with Crippen LogP contribution in [0.15, 0.2) is 18.2 Å². The van der Waals surface area contributed by atoms with Gasteiger partial charge in [0.25, 0.3) is 0 Å². The van der Waals surface area contributed by atoms with Gasteiger partial charge in [0, 0.05) is 12.1 Å². The maximum Gasteiger partial charge on any atom is 0.122 e. The van der Waals surface area contributed by atoms with E-state index in [-0.39, 0.29) is 11.6 Å². The summed E-state index contributed by atoms with van der Waals surface area (Å²) in [4.78, 5) is 0. The zero-order valence-corrected chi connectivity index (χ0v) is 13.3. The minimum Gasteiger partial charge on any atom is -0.489 e. The largest absolute Gasteiger partial charge is 0.489 e. The summed E-state index contributed by atoms with van der Waals surface area (Å²) in [5.41, 5.74) is 2.67. The molecule has 0 aromatic heterocycles. The average Bonchev–Trinajstić information content (AvgIpc) is 2.31. The molecular weight excluding hydrogens is 234 g/mol. The Balaban J connectivity index is 2.70. The molecule has 108 valence electrons. The minimum atomic E-state index is 0.136. The number of hydrogen-bond donors (Lipinski definition) is 1. The van der Waals surface area contributed by atoms with Crippen LogP contribution in [-0.4, -0.2) is 18.2 Å². The normalized spacial score (nSPS) is 13.4. The van der Waals surface area contributed by atoms with Gasteiger partial charge in [0.05, 0.1) is 0 Å². The summed E-state index contributed by atoms with van der Waals surface area (Å²) in [6, 6.07) is 6.27. The topological polar surface area (TPSA) is 21.3 Å². The third kappa shape index (κ3) is 5.65. The van der Waals surface area contributed by atoms with Gasteiger partial charge in [0.2, 0.25) is 0 Å². The zero-order valence-electron chi connectivity index (χ0n) is 13.3. The predicted molar refractivity (Wildman–Crippen MR) is 83.0 cm³/mol. The fraction of sp³-hybridized carbons (Fsp3) is 0.647. The van der Waals surface area contributed by atoms with E-state index in [0.717, 1.165) is 25.1 Å². The van der Waals surface area contributed by atoms with Crippen LogP contribution in [0.3, 0.4) is 0 Å². The summed E-state index contributed by atoms with van der Waals surface area (Å²) in [5, 5.41) is 3.54. The van der Waals surface area contributed by atoms with Gasteiger partial charge in [-0.2, -0.15) is 0 Å². The maximum atomic E-state index is 6.20. The van der Waals surface area contributed by atoms with Gasteiger partial charge in [0.1, 0.15) is 11.9 Å². The summed E-state index contributed by atoms with van der Waals surface area (Å²) in [7, 11) is 0. The summed E-state index contributed by atoms with van der Waals surface area (Å²) in [5.74, 6) is 1.02. The standard InChI is InChI=1S/C17H29NO/c1-7-9-15(12-18-17(4,5)6)19-16-11-8-10-13(2)14(16)3/h8,10-11,15,18H,7,9,12H2,1-6H3. The molecule has 0 radical (unpaired) electrons. The van der Waals surface area contributed by atoms with Gasteiger partial charge in [-0.15, -0.1) is 0 Å². The fourth-order valence-corrected chi connectivity index (χ4v) is 1.98. The summed E-state index contributed by atoms with van der Waals surface area (Å²) < 4.78 is 6.20. The second-order valence-corrected chi connectivity index (χ2v) is 6.36. The lowest BCUT2D eigenvalue weighted by atomic mass is 10.1. The van der Waals surface area contributed by atoms with E-state index in [1.54, 1.807) is 0 Å². The van der Waals surface area contributed by atoms with Gasteiger partial charge in [-0.1, -0.05) is 25.5 Å². The molecule has 0 spiro atoms. The van der Waals surface area contributed by atoms with Crippen molar-refractivity contribution in [3.63, 3.8) is 0 Å². The van der Waals surface area contributed by atoms with E-state index in [9.17, 15) is 0 Å². The smallest absolute Gasteiger partial charge is 0.122 e. The molecule has 0 aliphatic carbocycles. The highest BCUT2D eigenvalue weighted by Crippen LogP contribution is 2.22. The molecule has 0 fully saturated rings. The summed E-state index contributed by atoms with van der Waals surface area (Å²) in [6.07, 6.45) is 2.46. The molecule has 1 atom stereocenters. The van der Waals surface area contributed by atoms with Gasteiger partial charge in [-0.05, 0) is 58.2 Å². The molecule has 0 bridgehead atoms. The van der Waals surface area contributed by atoms with Crippen molar-refractivity contribution >= 4 is 0 Å². The highest BCUT2D eigenvalue weighted by Gasteiger charge is 2.16. The molecule has 1 unspecified atom stereocenters. The molecule has 0 saturated carbocycles. The van der Waals surface area contributed by atoms with Gasteiger partial charge in [-0.25, -0.2) is 0 Å². The first-order chi connectivity index (χ1) is 8.83. The SMILES string of the molecule is CCCC(CNC(C)(C)C)Oc1cccc(C)c1C. The first-order valence-corrected chi connectivity index (χ1v) is 7.31. The van der Waals surface area contributed by atoms with Crippen molar-refractivity contribution in [1.29, 1.82) is 0 Å². The Bertz CT molecular complexity index is 393. The van der Waals surface area contributed by atoms with Gasteiger partial charge in [-0.3, -0.25) is 0 Å². The Morgan fingerprint density at radius 2 is 1.89 bits per heavy atom. The molecule has 0 aliphatic rings. The number of nitrogens with one attached hydrogen (secondary N) is 1. The Labute approximate surface area is 118 Å². The number of aryl methyl sites for hydroxylation is 1. The van der Waals surface area contributed by atoms with Crippen LogP contribution >= 0.6 is 0 Å². The van der Waals surface area contributed by atoms with E-state index in [1.807, 2.05) is 0 Å². The van der Waals surface area contributed by atoms with Crippen molar-refractivity contribution in [2.24, 2.45) is 0 Å². The minimum absolute atomic E-state index is 0.136. The van der Waals surface area contributed by atoms with E-state index in [0.29, 0.717) is 0 Å². The van der Waals surface area contributed by atoms with Gasteiger partial charge >= 0.3 is 0 Å². The van der Waals surface area contributed by atoms with Gasteiger partial charge < -0.3 is 10.1 Å². The fourth-order valence-electron chi connectivity index (χ4n) is 1.98. The Morgan fingerprint density at radius 3 is 2.47 bits per heavy atom. The number of benzene rings is 1. The molecule has 1 rings (SSSR count). The van der Waals surface area contributed by atoms with Crippen LogP contribution in [0.4, 0.5) is 0 Å². The third-order valence-electron chi connectivity index (χ3n) is 3.32. The van der Waals surface area contributed by atoms with E-state index in [1.165, 1.54) is 11.1 Å². The highest BCUT2D eigenvalue weighted by atomic mass is 16.5. The van der Waals surface area contributed by atoms with Crippen molar-refractivity contribution in [2.45, 2.75) is 66.0 Å². The molecule has 0 amide bonds. The Morgan fingerprint density at radius 1 is 1.21 bits per heavy atom. The van der Waals surface area contributed by atoms with Crippen LogP contribution < -0.4 is 10.1 Å². The molecule has 19 heavy (non-hydrogen) atoms. The molecular formula is C17H29NO. The van der Waals surface area contributed by atoms with Crippen LogP contribution in [0.5, 0.6) is 5.75 Å². The van der Waals surface area contributed by atoms with E-state index in [4.69, 9.17) is 4.74 Å². The first kappa shape index (κ1) is 16.0. The number of hydrogen-bond acceptors (Lipinski definition) is 2. The molecule has 2 nitrogen and oxygen atoms in total. The first-order valence-electron chi connectivity index (χ1n) is 7.31. The lowest BCUT2D eigenvalue weighted by Gasteiger charge is -2.26. The van der Waals surface area contributed by atoms with Crippen molar-refractivity contribution in [1.82, 2.24) is 5.32 Å². The monoisotopic (exact) mass is 263 g/mol. The average molecular weight is 263 g/mol. The van der Waals surface area contributed by atoms with Gasteiger partial charge in [0.15, 0.2) is 0 Å². The second-order valence-electron chi connectivity index (χ2n) is 6.36. The van der Waals surface area contributed by atoms with Crippen molar-refractivity contribution in [2.75, 3.05) is 6.54 Å². The van der Waals surface area contributed by atoms with Crippen LogP contribution in [0.2, 0.25) is 0 Å². The molecule has 1 N–H and O–H groups in total.